The Balaban J connectivity index is 2.27. The number of hydrogen-bond donors (Lipinski definition) is 0. The van der Waals surface area contributed by atoms with Crippen LogP contribution < -0.4 is 0 Å². The van der Waals surface area contributed by atoms with Crippen LogP contribution in [0, 0.1) is 0 Å². The fourth-order valence-corrected chi connectivity index (χ4v) is 1.73. The van der Waals surface area contributed by atoms with E-state index in [2.05, 4.69) is 4.99 Å². The fraction of sp³-hybridized carbons (Fsp3) is 0. The Hall–Kier alpha value is -1.71. The largest absolute Gasteiger partial charge is 0.288 e. The van der Waals surface area contributed by atoms with Gasteiger partial charge in [-0.05, 0) is 36.4 Å². The minimum atomic E-state index is -0.438. The fourth-order valence-electron chi connectivity index (χ4n) is 1.36. The Morgan fingerprint density at radius 3 is 2.61 bits per heavy atom. The molecule has 1 aliphatic rings. The van der Waals surface area contributed by atoms with Gasteiger partial charge in [-0.25, -0.2) is 4.99 Å². The first kappa shape index (κ1) is 12.7. The molecule has 0 bridgehead atoms. The van der Waals surface area contributed by atoms with Crippen LogP contribution in [-0.2, 0) is 4.79 Å². The van der Waals surface area contributed by atoms with Gasteiger partial charge in [0, 0.05) is 10.6 Å². The van der Waals surface area contributed by atoms with Crippen molar-refractivity contribution in [3.8, 4) is 0 Å². The van der Waals surface area contributed by atoms with Gasteiger partial charge in [0.2, 0.25) is 0 Å². The summed E-state index contributed by atoms with van der Waals surface area (Å²) in [5.41, 5.74) is 0.717. The molecule has 3 nitrogen and oxygen atoms in total. The minimum absolute atomic E-state index is 0.0372. The van der Waals surface area contributed by atoms with Crippen LogP contribution in [0.4, 0.5) is 0 Å². The van der Waals surface area contributed by atoms with Crippen LogP contribution >= 0.6 is 23.2 Å². The first-order valence-electron chi connectivity index (χ1n) is 5.04. The summed E-state index contributed by atoms with van der Waals surface area (Å²) in [6.45, 7) is 0. The maximum atomic E-state index is 11.8. The molecule has 0 fully saturated rings. The number of aliphatic imine (C=N–C) groups is 1. The predicted octanol–water partition coefficient (Wildman–Crippen LogP) is 3.18. The third-order valence-corrected chi connectivity index (χ3v) is 2.75. The van der Waals surface area contributed by atoms with Crippen LogP contribution in [-0.4, -0.2) is 17.4 Å². The molecule has 0 saturated heterocycles. The molecule has 1 aromatic carbocycles. The summed E-state index contributed by atoms with van der Waals surface area (Å²) in [4.78, 5) is 26.8. The third-order valence-electron chi connectivity index (χ3n) is 2.22. The molecule has 0 atom stereocenters. The molecule has 1 amide bonds. The standard InChI is InChI=1S/C13H7Cl2NO2/c14-9-3-1-2-8(6-9)13(18)16-10-4-5-12(17)11(15)7-10/h1-7H. The first-order valence-corrected chi connectivity index (χ1v) is 5.80. The number of ketones is 1. The highest BCUT2D eigenvalue weighted by molar-refractivity contribution is 6.47. The molecule has 1 aliphatic carbocycles. The zero-order chi connectivity index (χ0) is 13.1. The number of nitrogens with zero attached hydrogens (tertiary/aromatic N) is 1. The zero-order valence-electron chi connectivity index (χ0n) is 9.06. The lowest BCUT2D eigenvalue weighted by molar-refractivity contribution is -0.110. The minimum Gasteiger partial charge on any atom is -0.288 e. The number of hydrogen-bond acceptors (Lipinski definition) is 2. The molecule has 0 heterocycles. The van der Waals surface area contributed by atoms with E-state index in [4.69, 9.17) is 23.2 Å². The Morgan fingerprint density at radius 2 is 1.94 bits per heavy atom. The second kappa shape index (κ2) is 5.29. The van der Waals surface area contributed by atoms with Crippen LogP contribution in [0.3, 0.4) is 0 Å². The van der Waals surface area contributed by atoms with E-state index in [1.807, 2.05) is 0 Å². The average molecular weight is 280 g/mol. The Labute approximate surface area is 113 Å². The van der Waals surface area contributed by atoms with E-state index in [0.717, 1.165) is 0 Å². The number of rotatable bonds is 1. The molecule has 0 spiro atoms. The smallest absolute Gasteiger partial charge is 0.277 e. The van der Waals surface area contributed by atoms with Crippen molar-refractivity contribution in [3.05, 3.63) is 58.1 Å². The predicted molar refractivity (Wildman–Crippen MR) is 71.3 cm³/mol. The van der Waals surface area contributed by atoms with E-state index in [0.29, 0.717) is 16.3 Å². The van der Waals surface area contributed by atoms with Crippen molar-refractivity contribution in [3.63, 3.8) is 0 Å². The zero-order valence-corrected chi connectivity index (χ0v) is 10.6. The molecule has 0 saturated carbocycles. The van der Waals surface area contributed by atoms with Gasteiger partial charge in [0.1, 0.15) is 0 Å². The maximum absolute atomic E-state index is 11.8. The lowest BCUT2D eigenvalue weighted by Gasteiger charge is -2.02. The normalized spacial score (nSPS) is 16.9. The molecule has 0 aromatic heterocycles. The quantitative estimate of drug-likeness (QED) is 0.742. The van der Waals surface area contributed by atoms with Gasteiger partial charge in [-0.15, -0.1) is 0 Å². The lowest BCUT2D eigenvalue weighted by atomic mass is 10.1. The summed E-state index contributed by atoms with van der Waals surface area (Å²) in [6.07, 6.45) is 4.06. The molecule has 5 heteroatoms. The Morgan fingerprint density at radius 1 is 1.17 bits per heavy atom. The van der Waals surface area contributed by atoms with Crippen molar-refractivity contribution < 1.29 is 9.59 Å². The van der Waals surface area contributed by atoms with Crippen LogP contribution in [0.5, 0.6) is 0 Å². The van der Waals surface area contributed by atoms with E-state index in [-0.39, 0.29) is 10.8 Å². The monoisotopic (exact) mass is 279 g/mol. The number of allylic oxidation sites excluding steroid dienone is 4. The molecule has 0 aliphatic heterocycles. The number of carbonyl (C=O) groups excluding carboxylic acids is 2. The average Bonchev–Trinajstić information content (AvgIpc) is 2.34. The van der Waals surface area contributed by atoms with E-state index in [1.165, 1.54) is 24.3 Å². The van der Waals surface area contributed by atoms with Crippen molar-refractivity contribution in [2.45, 2.75) is 0 Å². The van der Waals surface area contributed by atoms with Gasteiger partial charge in [-0.1, -0.05) is 29.3 Å². The van der Waals surface area contributed by atoms with E-state index < -0.39 is 5.91 Å². The van der Waals surface area contributed by atoms with E-state index in [1.54, 1.807) is 18.2 Å². The lowest BCUT2D eigenvalue weighted by Crippen LogP contribution is -2.06. The van der Waals surface area contributed by atoms with Gasteiger partial charge >= 0.3 is 0 Å². The van der Waals surface area contributed by atoms with Crippen molar-refractivity contribution in [2.75, 3.05) is 0 Å². The van der Waals surface area contributed by atoms with Gasteiger partial charge in [0.05, 0.1) is 10.7 Å². The number of halogens is 2. The summed E-state index contributed by atoms with van der Waals surface area (Å²) in [7, 11) is 0. The van der Waals surface area contributed by atoms with Crippen molar-refractivity contribution in [1.29, 1.82) is 0 Å². The first-order chi connectivity index (χ1) is 8.56. The molecule has 0 radical (unpaired) electrons. The molecular formula is C13H7Cl2NO2. The molecule has 2 rings (SSSR count). The Bertz CT molecular complexity index is 615. The van der Waals surface area contributed by atoms with E-state index in [9.17, 15) is 9.59 Å². The molecule has 1 aromatic rings. The van der Waals surface area contributed by atoms with Crippen LogP contribution in [0.2, 0.25) is 5.02 Å². The second-order valence-corrected chi connectivity index (χ2v) is 4.39. The summed E-state index contributed by atoms with van der Waals surface area (Å²) >= 11 is 11.4. The van der Waals surface area contributed by atoms with Gasteiger partial charge < -0.3 is 0 Å². The SMILES string of the molecule is O=C1C=CC(=NC(=O)c2cccc(Cl)c2)C=C1Cl. The number of amides is 1. The van der Waals surface area contributed by atoms with Gasteiger partial charge in [-0.2, -0.15) is 0 Å². The van der Waals surface area contributed by atoms with Crippen LogP contribution in [0.1, 0.15) is 10.4 Å². The Kier molecular flexibility index (Phi) is 3.75. The van der Waals surface area contributed by atoms with Crippen molar-refractivity contribution in [2.24, 2.45) is 4.99 Å². The van der Waals surface area contributed by atoms with Crippen molar-refractivity contribution >= 4 is 40.6 Å². The molecule has 18 heavy (non-hydrogen) atoms. The highest BCUT2D eigenvalue weighted by Gasteiger charge is 2.11. The molecule has 0 N–H and O–H groups in total. The molecule has 90 valence electrons. The summed E-state index contributed by atoms with van der Waals surface area (Å²) < 4.78 is 0. The topological polar surface area (TPSA) is 46.5 Å². The molecule has 0 unspecified atom stereocenters. The van der Waals surface area contributed by atoms with Gasteiger partial charge in [0.25, 0.3) is 5.91 Å². The third kappa shape index (κ3) is 2.94. The van der Waals surface area contributed by atoms with Gasteiger partial charge in [0.15, 0.2) is 5.78 Å². The highest BCUT2D eigenvalue weighted by Crippen LogP contribution is 2.13. The van der Waals surface area contributed by atoms with E-state index >= 15 is 0 Å². The second-order valence-electron chi connectivity index (χ2n) is 3.54. The summed E-state index contributed by atoms with van der Waals surface area (Å²) in [6, 6.07) is 6.47. The maximum Gasteiger partial charge on any atom is 0.277 e. The van der Waals surface area contributed by atoms with Crippen LogP contribution in [0.25, 0.3) is 0 Å². The molecular weight excluding hydrogens is 273 g/mol. The summed E-state index contributed by atoms with van der Waals surface area (Å²) in [5.74, 6) is -0.738. The summed E-state index contributed by atoms with van der Waals surface area (Å²) in [5, 5.41) is 0.499. The van der Waals surface area contributed by atoms with Crippen molar-refractivity contribution in [1.82, 2.24) is 0 Å². The van der Waals surface area contributed by atoms with Gasteiger partial charge in [-0.3, -0.25) is 9.59 Å². The number of carbonyl (C=O) groups is 2. The highest BCUT2D eigenvalue weighted by atomic mass is 35.5. The number of benzene rings is 1. The van der Waals surface area contributed by atoms with Crippen LogP contribution in [0.15, 0.2) is 52.5 Å².